The van der Waals surface area contributed by atoms with Crippen molar-refractivity contribution >= 4 is 11.8 Å². The molecule has 1 aliphatic heterocycles. The predicted molar refractivity (Wildman–Crippen MR) is 85.7 cm³/mol. The summed E-state index contributed by atoms with van der Waals surface area (Å²) in [7, 11) is 1.62. The lowest BCUT2D eigenvalue weighted by atomic mass is 10.1. The fourth-order valence-corrected chi connectivity index (χ4v) is 2.96. The molecule has 0 aromatic carbocycles. The number of quaternary nitrogens is 1. The first-order valence-corrected chi connectivity index (χ1v) is 8.43. The summed E-state index contributed by atoms with van der Waals surface area (Å²) in [4.78, 5) is 27.5. The standard InChI is InChI=1S/C16H31N3O3/c1-5-18(6-2)9-7-8-17-16(21)14-10-15(20)19(11-14)13(3)12-22-4/h13-14H,5-12H2,1-4H3,(H,17,21)/p+1/t13-,14-/m1/s1. The van der Waals surface area contributed by atoms with Crippen LogP contribution in [0.1, 0.15) is 33.6 Å². The third kappa shape index (κ3) is 5.57. The molecule has 2 atom stereocenters. The fraction of sp³-hybridized carbons (Fsp3) is 0.875. The van der Waals surface area contributed by atoms with Gasteiger partial charge in [-0.1, -0.05) is 0 Å². The lowest BCUT2D eigenvalue weighted by Gasteiger charge is -2.23. The summed E-state index contributed by atoms with van der Waals surface area (Å²) in [6.07, 6.45) is 1.30. The third-order valence-corrected chi connectivity index (χ3v) is 4.48. The summed E-state index contributed by atoms with van der Waals surface area (Å²) in [5, 5.41) is 2.98. The minimum absolute atomic E-state index is 0.00927. The molecule has 2 amide bonds. The number of amides is 2. The minimum Gasteiger partial charge on any atom is -0.383 e. The molecule has 22 heavy (non-hydrogen) atoms. The van der Waals surface area contributed by atoms with Crippen molar-refractivity contribution in [2.45, 2.75) is 39.7 Å². The predicted octanol–water partition coefficient (Wildman–Crippen LogP) is -0.699. The third-order valence-electron chi connectivity index (χ3n) is 4.48. The van der Waals surface area contributed by atoms with E-state index in [1.807, 2.05) is 6.92 Å². The molecule has 0 saturated carbocycles. The average Bonchev–Trinajstić information content (AvgIpc) is 2.89. The average molecular weight is 314 g/mol. The lowest BCUT2D eigenvalue weighted by molar-refractivity contribution is -0.896. The summed E-state index contributed by atoms with van der Waals surface area (Å²) in [6.45, 7) is 11.3. The van der Waals surface area contributed by atoms with Gasteiger partial charge in [0.1, 0.15) is 0 Å². The molecule has 1 saturated heterocycles. The van der Waals surface area contributed by atoms with Gasteiger partial charge in [-0.25, -0.2) is 0 Å². The van der Waals surface area contributed by atoms with Gasteiger partial charge in [0.15, 0.2) is 0 Å². The Morgan fingerprint density at radius 1 is 1.45 bits per heavy atom. The number of nitrogens with zero attached hydrogens (tertiary/aromatic N) is 1. The molecule has 1 fully saturated rings. The summed E-state index contributed by atoms with van der Waals surface area (Å²) in [5.74, 6) is -0.153. The van der Waals surface area contributed by atoms with Crippen LogP contribution in [-0.2, 0) is 14.3 Å². The van der Waals surface area contributed by atoms with Crippen LogP contribution in [0.25, 0.3) is 0 Å². The van der Waals surface area contributed by atoms with E-state index in [0.29, 0.717) is 26.1 Å². The minimum atomic E-state index is -0.215. The van der Waals surface area contributed by atoms with Crippen molar-refractivity contribution < 1.29 is 19.2 Å². The summed E-state index contributed by atoms with van der Waals surface area (Å²) in [5.41, 5.74) is 0. The van der Waals surface area contributed by atoms with Crippen LogP contribution >= 0.6 is 0 Å². The molecule has 1 aliphatic rings. The summed E-state index contributed by atoms with van der Waals surface area (Å²) < 4.78 is 5.09. The largest absolute Gasteiger partial charge is 0.383 e. The smallest absolute Gasteiger partial charge is 0.225 e. The maximum atomic E-state index is 12.2. The van der Waals surface area contributed by atoms with Crippen molar-refractivity contribution in [3.63, 3.8) is 0 Å². The van der Waals surface area contributed by atoms with Crippen molar-refractivity contribution in [2.75, 3.05) is 46.4 Å². The van der Waals surface area contributed by atoms with Gasteiger partial charge in [-0.15, -0.1) is 0 Å². The molecule has 0 radical (unpaired) electrons. The molecule has 6 nitrogen and oxygen atoms in total. The second kappa shape index (κ2) is 9.79. The summed E-state index contributed by atoms with van der Waals surface area (Å²) >= 11 is 0. The highest BCUT2D eigenvalue weighted by molar-refractivity contribution is 5.89. The van der Waals surface area contributed by atoms with E-state index in [9.17, 15) is 9.59 Å². The first kappa shape index (κ1) is 18.9. The molecule has 0 unspecified atom stereocenters. The molecule has 128 valence electrons. The zero-order chi connectivity index (χ0) is 16.5. The number of hydrogen-bond acceptors (Lipinski definition) is 3. The van der Waals surface area contributed by atoms with Crippen LogP contribution in [-0.4, -0.2) is 69.2 Å². The first-order chi connectivity index (χ1) is 10.5. The van der Waals surface area contributed by atoms with Crippen molar-refractivity contribution in [3.8, 4) is 0 Å². The molecule has 6 heteroatoms. The zero-order valence-corrected chi connectivity index (χ0v) is 14.5. The molecule has 0 aromatic heterocycles. The maximum absolute atomic E-state index is 12.2. The Bertz CT molecular complexity index is 359. The number of carbonyl (C=O) groups is 2. The quantitative estimate of drug-likeness (QED) is 0.524. The number of rotatable bonds is 10. The lowest BCUT2D eigenvalue weighted by Crippen LogP contribution is -3.11. The second-order valence-electron chi connectivity index (χ2n) is 6.10. The normalized spacial score (nSPS) is 19.8. The second-order valence-corrected chi connectivity index (χ2v) is 6.10. The van der Waals surface area contributed by atoms with E-state index < -0.39 is 0 Å². The topological polar surface area (TPSA) is 63.1 Å². The highest BCUT2D eigenvalue weighted by Crippen LogP contribution is 2.20. The zero-order valence-electron chi connectivity index (χ0n) is 14.5. The van der Waals surface area contributed by atoms with Gasteiger partial charge in [-0.2, -0.15) is 0 Å². The molecule has 0 bridgehead atoms. The van der Waals surface area contributed by atoms with Crippen molar-refractivity contribution in [3.05, 3.63) is 0 Å². The van der Waals surface area contributed by atoms with Gasteiger partial charge < -0.3 is 19.9 Å². The van der Waals surface area contributed by atoms with E-state index in [1.165, 1.54) is 0 Å². The first-order valence-electron chi connectivity index (χ1n) is 8.43. The van der Waals surface area contributed by atoms with Gasteiger partial charge in [-0.3, -0.25) is 9.59 Å². The number of nitrogens with one attached hydrogen (secondary N) is 2. The van der Waals surface area contributed by atoms with Crippen LogP contribution in [0.2, 0.25) is 0 Å². The van der Waals surface area contributed by atoms with Crippen LogP contribution in [0, 0.1) is 5.92 Å². The molecule has 0 aromatic rings. The van der Waals surface area contributed by atoms with E-state index in [4.69, 9.17) is 4.74 Å². The van der Waals surface area contributed by atoms with Gasteiger partial charge in [0.05, 0.1) is 38.2 Å². The van der Waals surface area contributed by atoms with E-state index in [2.05, 4.69) is 19.2 Å². The number of methoxy groups -OCH3 is 1. The maximum Gasteiger partial charge on any atom is 0.225 e. The Balaban J connectivity index is 2.30. The number of hydrogen-bond donors (Lipinski definition) is 2. The molecule has 1 heterocycles. The molecule has 2 N–H and O–H groups in total. The molecular weight excluding hydrogens is 282 g/mol. The Morgan fingerprint density at radius 2 is 2.14 bits per heavy atom. The van der Waals surface area contributed by atoms with Crippen LogP contribution in [0.5, 0.6) is 0 Å². The van der Waals surface area contributed by atoms with Crippen molar-refractivity contribution in [1.29, 1.82) is 0 Å². The number of ether oxygens (including phenoxy) is 1. The van der Waals surface area contributed by atoms with E-state index in [0.717, 1.165) is 26.1 Å². The van der Waals surface area contributed by atoms with Crippen LogP contribution < -0.4 is 10.2 Å². The van der Waals surface area contributed by atoms with Gasteiger partial charge in [0.2, 0.25) is 11.8 Å². The Hall–Kier alpha value is -1.14. The fourth-order valence-electron chi connectivity index (χ4n) is 2.96. The number of likely N-dealkylation sites (tertiary alicyclic amines) is 1. The van der Waals surface area contributed by atoms with Crippen LogP contribution in [0.3, 0.4) is 0 Å². The number of carbonyl (C=O) groups excluding carboxylic acids is 2. The van der Waals surface area contributed by atoms with Crippen LogP contribution in [0.4, 0.5) is 0 Å². The monoisotopic (exact) mass is 314 g/mol. The highest BCUT2D eigenvalue weighted by atomic mass is 16.5. The molecular formula is C16H32N3O3+. The van der Waals surface area contributed by atoms with Gasteiger partial charge in [0, 0.05) is 33.0 Å². The van der Waals surface area contributed by atoms with Gasteiger partial charge in [0.25, 0.3) is 0 Å². The van der Waals surface area contributed by atoms with E-state index >= 15 is 0 Å². The van der Waals surface area contributed by atoms with E-state index in [-0.39, 0.29) is 23.8 Å². The SMILES string of the molecule is CC[NH+](CC)CCCNC(=O)[C@@H]1CC(=O)N([C@H](C)COC)C1. The Kier molecular flexibility index (Phi) is 8.42. The van der Waals surface area contributed by atoms with Crippen LogP contribution in [0.15, 0.2) is 0 Å². The molecule has 1 rings (SSSR count). The van der Waals surface area contributed by atoms with E-state index in [1.54, 1.807) is 16.9 Å². The molecule has 0 aliphatic carbocycles. The Morgan fingerprint density at radius 3 is 2.73 bits per heavy atom. The van der Waals surface area contributed by atoms with Gasteiger partial charge >= 0.3 is 0 Å². The van der Waals surface area contributed by atoms with Crippen molar-refractivity contribution in [2.24, 2.45) is 5.92 Å². The highest BCUT2D eigenvalue weighted by Gasteiger charge is 2.36. The summed E-state index contributed by atoms with van der Waals surface area (Å²) in [6, 6.07) is 0.0292. The van der Waals surface area contributed by atoms with Crippen molar-refractivity contribution in [1.82, 2.24) is 10.2 Å². The Labute approximate surface area is 134 Å². The molecule has 0 spiro atoms. The van der Waals surface area contributed by atoms with Gasteiger partial charge in [-0.05, 0) is 20.8 Å².